The van der Waals surface area contributed by atoms with E-state index in [1.807, 2.05) is 26.0 Å². The van der Waals surface area contributed by atoms with Crippen molar-refractivity contribution in [3.63, 3.8) is 0 Å². The normalized spacial score (nSPS) is 15.8. The number of nitrogens with one attached hydrogen (secondary N) is 1. The van der Waals surface area contributed by atoms with Crippen LogP contribution < -0.4 is 15.0 Å². The molecule has 0 aromatic heterocycles. The molecule has 0 spiro atoms. The van der Waals surface area contributed by atoms with Crippen LogP contribution in [0.5, 0.6) is 5.75 Å². The molecule has 6 nitrogen and oxygen atoms in total. The summed E-state index contributed by atoms with van der Waals surface area (Å²) in [7, 11) is 0. The van der Waals surface area contributed by atoms with Crippen molar-refractivity contribution in [2.45, 2.75) is 20.8 Å². The van der Waals surface area contributed by atoms with E-state index in [0.717, 1.165) is 20.5 Å². The predicted molar refractivity (Wildman–Crippen MR) is 110 cm³/mol. The highest BCUT2D eigenvalue weighted by molar-refractivity contribution is 9.10. The number of amides is 4. The van der Waals surface area contributed by atoms with E-state index in [2.05, 4.69) is 21.2 Å². The lowest BCUT2D eigenvalue weighted by Crippen LogP contribution is -2.54. The fraction of sp³-hybridized carbons (Fsp3) is 0.190. The van der Waals surface area contributed by atoms with Crippen molar-refractivity contribution in [2.24, 2.45) is 0 Å². The van der Waals surface area contributed by atoms with Gasteiger partial charge in [-0.2, -0.15) is 0 Å². The van der Waals surface area contributed by atoms with Gasteiger partial charge in [0.1, 0.15) is 11.3 Å². The van der Waals surface area contributed by atoms with Gasteiger partial charge >= 0.3 is 6.03 Å². The number of ether oxygens (including phenoxy) is 1. The first-order valence-corrected chi connectivity index (χ1v) is 9.51. The second-order valence-electron chi connectivity index (χ2n) is 6.40. The van der Waals surface area contributed by atoms with Crippen molar-refractivity contribution in [2.75, 3.05) is 11.5 Å². The predicted octanol–water partition coefficient (Wildman–Crippen LogP) is 4.13. The lowest BCUT2D eigenvalue weighted by Gasteiger charge is -2.27. The maximum atomic E-state index is 13.0. The number of hydrogen-bond acceptors (Lipinski definition) is 4. The van der Waals surface area contributed by atoms with Crippen LogP contribution in [0.2, 0.25) is 0 Å². The fourth-order valence-electron chi connectivity index (χ4n) is 2.92. The van der Waals surface area contributed by atoms with Crippen LogP contribution in [-0.2, 0) is 9.59 Å². The van der Waals surface area contributed by atoms with Gasteiger partial charge in [0.05, 0.1) is 12.3 Å². The Bertz CT molecular complexity index is 1010. The third-order valence-corrected chi connectivity index (χ3v) is 4.68. The number of halogens is 1. The Hall–Kier alpha value is -2.93. The summed E-state index contributed by atoms with van der Waals surface area (Å²) in [5.41, 5.74) is 2.58. The van der Waals surface area contributed by atoms with E-state index in [1.165, 1.54) is 6.08 Å². The number of aryl methyl sites for hydroxylation is 2. The molecule has 1 fully saturated rings. The molecule has 7 heteroatoms. The number of urea groups is 1. The van der Waals surface area contributed by atoms with Crippen molar-refractivity contribution < 1.29 is 19.1 Å². The molecule has 0 bridgehead atoms. The molecule has 144 valence electrons. The topological polar surface area (TPSA) is 75.7 Å². The number of imide groups is 2. The lowest BCUT2D eigenvalue weighted by atomic mass is 10.0. The van der Waals surface area contributed by atoms with Crippen LogP contribution in [0.3, 0.4) is 0 Å². The number of barbiturate groups is 1. The average Bonchev–Trinajstić information content (AvgIpc) is 2.61. The molecule has 0 aliphatic carbocycles. The zero-order valence-corrected chi connectivity index (χ0v) is 17.3. The zero-order chi connectivity index (χ0) is 20.4. The van der Waals surface area contributed by atoms with Crippen LogP contribution in [0, 0.1) is 13.8 Å². The maximum Gasteiger partial charge on any atom is 0.335 e. The zero-order valence-electron chi connectivity index (χ0n) is 15.7. The molecular weight excluding hydrogens is 424 g/mol. The second-order valence-corrected chi connectivity index (χ2v) is 7.32. The molecule has 28 heavy (non-hydrogen) atoms. The quantitative estimate of drug-likeness (QED) is 0.570. The molecule has 1 aliphatic rings. The van der Waals surface area contributed by atoms with Gasteiger partial charge in [0.15, 0.2) is 0 Å². The van der Waals surface area contributed by atoms with Gasteiger partial charge in [-0.1, -0.05) is 28.1 Å². The smallest absolute Gasteiger partial charge is 0.335 e. The summed E-state index contributed by atoms with van der Waals surface area (Å²) < 4.78 is 6.24. The standard InChI is InChI=1S/C21H19BrN2O4/c1-4-28-16-9-14(8-15(22)11-16)10-17-19(25)23-21(27)24(20(17)26)18-7-12(2)5-6-13(18)3/h5-11H,4H2,1-3H3,(H,23,25,27)/b17-10+. The molecule has 1 N–H and O–H groups in total. The van der Waals surface area contributed by atoms with E-state index in [0.29, 0.717) is 23.6 Å². The first kappa shape index (κ1) is 19.8. The molecular formula is C21H19BrN2O4. The molecule has 3 rings (SSSR count). The Morgan fingerprint density at radius 3 is 2.57 bits per heavy atom. The number of rotatable bonds is 4. The van der Waals surface area contributed by atoms with Gasteiger partial charge in [0, 0.05) is 4.47 Å². The van der Waals surface area contributed by atoms with Gasteiger partial charge in [-0.25, -0.2) is 9.69 Å². The summed E-state index contributed by atoms with van der Waals surface area (Å²) in [6.07, 6.45) is 1.45. The van der Waals surface area contributed by atoms with Gasteiger partial charge < -0.3 is 4.74 Å². The van der Waals surface area contributed by atoms with Gasteiger partial charge in [-0.3, -0.25) is 14.9 Å². The highest BCUT2D eigenvalue weighted by Gasteiger charge is 2.37. The minimum Gasteiger partial charge on any atom is -0.494 e. The third-order valence-electron chi connectivity index (χ3n) is 4.22. The summed E-state index contributed by atoms with van der Waals surface area (Å²) >= 11 is 3.39. The maximum absolute atomic E-state index is 13.0. The van der Waals surface area contributed by atoms with E-state index in [4.69, 9.17) is 4.74 Å². The number of carbonyl (C=O) groups is 3. The number of carbonyl (C=O) groups excluding carboxylic acids is 3. The van der Waals surface area contributed by atoms with Crippen molar-refractivity contribution in [1.82, 2.24) is 5.32 Å². The number of hydrogen-bond donors (Lipinski definition) is 1. The molecule has 2 aromatic carbocycles. The van der Waals surface area contributed by atoms with Crippen LogP contribution in [0.15, 0.2) is 46.4 Å². The third kappa shape index (κ3) is 3.99. The van der Waals surface area contributed by atoms with E-state index < -0.39 is 17.8 Å². The summed E-state index contributed by atoms with van der Waals surface area (Å²) in [6.45, 7) is 6.03. The monoisotopic (exact) mass is 442 g/mol. The summed E-state index contributed by atoms with van der Waals surface area (Å²) in [4.78, 5) is 38.8. The summed E-state index contributed by atoms with van der Waals surface area (Å²) in [5.74, 6) is -0.787. The highest BCUT2D eigenvalue weighted by atomic mass is 79.9. The Morgan fingerprint density at radius 1 is 1.11 bits per heavy atom. The van der Waals surface area contributed by atoms with Crippen LogP contribution in [0.4, 0.5) is 10.5 Å². The van der Waals surface area contributed by atoms with E-state index >= 15 is 0 Å². The number of benzene rings is 2. The Balaban J connectivity index is 2.05. The highest BCUT2D eigenvalue weighted by Crippen LogP contribution is 2.28. The Morgan fingerprint density at radius 2 is 1.86 bits per heavy atom. The fourth-order valence-corrected chi connectivity index (χ4v) is 3.41. The molecule has 1 aliphatic heterocycles. The number of nitrogens with zero attached hydrogens (tertiary/aromatic N) is 1. The van der Waals surface area contributed by atoms with Gasteiger partial charge in [-0.15, -0.1) is 0 Å². The molecule has 0 radical (unpaired) electrons. The van der Waals surface area contributed by atoms with Crippen molar-refractivity contribution in [3.05, 3.63) is 63.1 Å². The molecule has 1 heterocycles. The van der Waals surface area contributed by atoms with Gasteiger partial charge in [0.25, 0.3) is 11.8 Å². The van der Waals surface area contributed by atoms with Crippen LogP contribution >= 0.6 is 15.9 Å². The average molecular weight is 443 g/mol. The minimum atomic E-state index is -0.759. The minimum absolute atomic E-state index is 0.124. The van der Waals surface area contributed by atoms with Crippen molar-refractivity contribution in [3.8, 4) is 5.75 Å². The Kier molecular flexibility index (Phi) is 5.65. The van der Waals surface area contributed by atoms with Gasteiger partial charge in [-0.05, 0) is 67.8 Å². The molecule has 2 aromatic rings. The van der Waals surface area contributed by atoms with Crippen LogP contribution in [0.1, 0.15) is 23.6 Å². The Labute approximate surface area is 171 Å². The first-order valence-electron chi connectivity index (χ1n) is 8.72. The first-order chi connectivity index (χ1) is 13.3. The lowest BCUT2D eigenvalue weighted by molar-refractivity contribution is -0.122. The van der Waals surface area contributed by atoms with Crippen molar-refractivity contribution in [1.29, 1.82) is 0 Å². The van der Waals surface area contributed by atoms with E-state index in [-0.39, 0.29) is 5.57 Å². The molecule has 1 saturated heterocycles. The second kappa shape index (κ2) is 7.98. The SMILES string of the molecule is CCOc1cc(Br)cc(/C=C2\C(=O)NC(=O)N(c3cc(C)ccc3C)C2=O)c1. The van der Waals surface area contributed by atoms with E-state index in [1.54, 1.807) is 31.2 Å². The van der Waals surface area contributed by atoms with Crippen LogP contribution in [-0.4, -0.2) is 24.5 Å². The van der Waals surface area contributed by atoms with Gasteiger partial charge in [0.2, 0.25) is 0 Å². The summed E-state index contributed by atoms with van der Waals surface area (Å²) in [6, 6.07) is 9.98. The number of anilines is 1. The van der Waals surface area contributed by atoms with Crippen LogP contribution in [0.25, 0.3) is 6.08 Å². The summed E-state index contributed by atoms with van der Waals surface area (Å²) in [5, 5.41) is 2.25. The molecule has 0 atom stereocenters. The largest absolute Gasteiger partial charge is 0.494 e. The van der Waals surface area contributed by atoms with E-state index in [9.17, 15) is 14.4 Å². The molecule has 0 unspecified atom stereocenters. The molecule has 0 saturated carbocycles. The molecule has 4 amide bonds. The van der Waals surface area contributed by atoms with Crippen molar-refractivity contribution >= 4 is 45.5 Å².